The molecule has 3 rings (SSSR count). The van der Waals surface area contributed by atoms with Gasteiger partial charge in [0.1, 0.15) is 11.6 Å². The second-order valence-corrected chi connectivity index (χ2v) is 5.72. The van der Waals surface area contributed by atoms with Crippen LogP contribution in [0.3, 0.4) is 0 Å². The standard InChI is InChI=1S/C17H19FN2O2/c1-11-10-14(8-9-19-11)20-17(21)16-7-6-15(22-16)12-2-4-13(18)5-3-12/h2-7,11,14,19H,8-10H2,1H3,(H,20,21). The fraction of sp³-hybridized carbons (Fsp3) is 0.353. The summed E-state index contributed by atoms with van der Waals surface area (Å²) in [6.07, 6.45) is 1.83. The number of rotatable bonds is 3. The first-order valence-corrected chi connectivity index (χ1v) is 7.52. The molecule has 0 spiro atoms. The molecule has 1 aromatic heterocycles. The molecule has 22 heavy (non-hydrogen) atoms. The van der Waals surface area contributed by atoms with Crippen molar-refractivity contribution in [1.82, 2.24) is 10.6 Å². The molecule has 1 saturated heterocycles. The SMILES string of the molecule is CC1CC(NC(=O)c2ccc(-c3ccc(F)cc3)o2)CCN1. The number of carbonyl (C=O) groups is 1. The monoisotopic (exact) mass is 302 g/mol. The second kappa shape index (κ2) is 6.32. The highest BCUT2D eigenvalue weighted by atomic mass is 19.1. The average Bonchev–Trinajstić information content (AvgIpc) is 2.98. The van der Waals surface area contributed by atoms with Crippen LogP contribution >= 0.6 is 0 Å². The maximum absolute atomic E-state index is 12.9. The van der Waals surface area contributed by atoms with Gasteiger partial charge in [-0.1, -0.05) is 0 Å². The predicted octanol–water partition coefficient (Wildman–Crippen LogP) is 2.96. The van der Waals surface area contributed by atoms with E-state index in [2.05, 4.69) is 17.6 Å². The molecule has 0 bridgehead atoms. The third-order valence-corrected chi connectivity index (χ3v) is 3.92. The lowest BCUT2D eigenvalue weighted by Gasteiger charge is -2.28. The molecule has 2 atom stereocenters. The molecule has 2 heterocycles. The van der Waals surface area contributed by atoms with Gasteiger partial charge in [-0.2, -0.15) is 0 Å². The Bertz CT molecular complexity index is 651. The number of benzene rings is 1. The molecular weight excluding hydrogens is 283 g/mol. The van der Waals surface area contributed by atoms with Gasteiger partial charge in [-0.25, -0.2) is 4.39 Å². The fourth-order valence-corrected chi connectivity index (χ4v) is 2.75. The summed E-state index contributed by atoms with van der Waals surface area (Å²) in [7, 11) is 0. The van der Waals surface area contributed by atoms with Gasteiger partial charge in [-0.15, -0.1) is 0 Å². The van der Waals surface area contributed by atoms with E-state index in [0.717, 1.165) is 24.9 Å². The predicted molar refractivity (Wildman–Crippen MR) is 82.1 cm³/mol. The van der Waals surface area contributed by atoms with Gasteiger partial charge < -0.3 is 15.1 Å². The van der Waals surface area contributed by atoms with Crippen molar-refractivity contribution in [2.75, 3.05) is 6.54 Å². The summed E-state index contributed by atoms with van der Waals surface area (Å²) in [4.78, 5) is 12.2. The molecule has 1 amide bonds. The van der Waals surface area contributed by atoms with Crippen LogP contribution in [0.15, 0.2) is 40.8 Å². The first-order valence-electron chi connectivity index (χ1n) is 7.52. The number of furan rings is 1. The van der Waals surface area contributed by atoms with Crippen molar-refractivity contribution in [3.63, 3.8) is 0 Å². The average molecular weight is 302 g/mol. The van der Waals surface area contributed by atoms with Crippen LogP contribution in [-0.2, 0) is 0 Å². The molecule has 4 nitrogen and oxygen atoms in total. The van der Waals surface area contributed by atoms with Gasteiger partial charge in [-0.05, 0) is 62.7 Å². The maximum Gasteiger partial charge on any atom is 0.287 e. The van der Waals surface area contributed by atoms with Crippen molar-refractivity contribution in [1.29, 1.82) is 0 Å². The molecule has 1 aromatic carbocycles. The lowest BCUT2D eigenvalue weighted by atomic mass is 10.0. The van der Waals surface area contributed by atoms with Gasteiger partial charge in [-0.3, -0.25) is 4.79 Å². The number of halogens is 1. The number of amides is 1. The van der Waals surface area contributed by atoms with Gasteiger partial charge in [0.25, 0.3) is 5.91 Å². The molecule has 0 radical (unpaired) electrons. The number of hydrogen-bond acceptors (Lipinski definition) is 3. The van der Waals surface area contributed by atoms with E-state index < -0.39 is 0 Å². The Morgan fingerprint density at radius 2 is 2.05 bits per heavy atom. The fourth-order valence-electron chi connectivity index (χ4n) is 2.75. The Balaban J connectivity index is 1.67. The summed E-state index contributed by atoms with van der Waals surface area (Å²) >= 11 is 0. The highest BCUT2D eigenvalue weighted by Crippen LogP contribution is 2.22. The zero-order valence-electron chi connectivity index (χ0n) is 12.4. The van der Waals surface area contributed by atoms with Crippen LogP contribution in [0.5, 0.6) is 0 Å². The number of carbonyl (C=O) groups excluding carboxylic acids is 1. The van der Waals surface area contributed by atoms with E-state index in [0.29, 0.717) is 11.8 Å². The van der Waals surface area contributed by atoms with Gasteiger partial charge in [0, 0.05) is 17.6 Å². The highest BCUT2D eigenvalue weighted by Gasteiger charge is 2.22. The van der Waals surface area contributed by atoms with E-state index in [1.165, 1.54) is 12.1 Å². The quantitative estimate of drug-likeness (QED) is 0.916. The Kier molecular flexibility index (Phi) is 4.24. The van der Waals surface area contributed by atoms with Gasteiger partial charge >= 0.3 is 0 Å². The second-order valence-electron chi connectivity index (χ2n) is 5.72. The van der Waals surface area contributed by atoms with Crippen LogP contribution in [0.4, 0.5) is 4.39 Å². The smallest absolute Gasteiger partial charge is 0.287 e. The lowest BCUT2D eigenvalue weighted by Crippen LogP contribution is -2.46. The molecule has 1 aliphatic heterocycles. The Morgan fingerprint density at radius 1 is 1.27 bits per heavy atom. The van der Waals surface area contributed by atoms with Crippen molar-refractivity contribution in [3.05, 3.63) is 48.0 Å². The first kappa shape index (κ1) is 14.8. The van der Waals surface area contributed by atoms with E-state index >= 15 is 0 Å². The third-order valence-electron chi connectivity index (χ3n) is 3.92. The minimum atomic E-state index is -0.298. The number of nitrogens with one attached hydrogen (secondary N) is 2. The summed E-state index contributed by atoms with van der Waals surface area (Å²) in [5, 5.41) is 6.36. The third kappa shape index (κ3) is 3.36. The summed E-state index contributed by atoms with van der Waals surface area (Å²) < 4.78 is 18.5. The van der Waals surface area contributed by atoms with Gasteiger partial charge in [0.05, 0.1) is 0 Å². The molecule has 2 N–H and O–H groups in total. The summed E-state index contributed by atoms with van der Waals surface area (Å²) in [6, 6.07) is 9.95. The van der Waals surface area contributed by atoms with Crippen LogP contribution in [0.2, 0.25) is 0 Å². The molecule has 116 valence electrons. The lowest BCUT2D eigenvalue weighted by molar-refractivity contribution is 0.0898. The topological polar surface area (TPSA) is 54.3 Å². The van der Waals surface area contributed by atoms with Gasteiger partial charge in [0.15, 0.2) is 5.76 Å². The van der Waals surface area contributed by atoms with Crippen molar-refractivity contribution < 1.29 is 13.6 Å². The molecule has 5 heteroatoms. The van der Waals surface area contributed by atoms with Crippen molar-refractivity contribution in [2.45, 2.75) is 31.8 Å². The van der Waals surface area contributed by atoms with Crippen LogP contribution in [0, 0.1) is 5.82 Å². The maximum atomic E-state index is 12.9. The summed E-state index contributed by atoms with van der Waals surface area (Å²) in [5.41, 5.74) is 0.746. The molecule has 1 fully saturated rings. The Labute approximate surface area is 128 Å². The van der Waals surface area contributed by atoms with Crippen LogP contribution < -0.4 is 10.6 Å². The zero-order chi connectivity index (χ0) is 15.5. The Hall–Kier alpha value is -2.14. The number of hydrogen-bond donors (Lipinski definition) is 2. The van der Waals surface area contributed by atoms with E-state index in [1.54, 1.807) is 24.3 Å². The molecular formula is C17H19FN2O2. The van der Waals surface area contributed by atoms with Crippen molar-refractivity contribution in [3.8, 4) is 11.3 Å². The summed E-state index contributed by atoms with van der Waals surface area (Å²) in [5.74, 6) is 0.343. The molecule has 1 aliphatic rings. The van der Waals surface area contributed by atoms with E-state index in [1.807, 2.05) is 0 Å². The molecule has 2 aromatic rings. The number of piperidine rings is 1. The minimum absolute atomic E-state index is 0.170. The van der Waals surface area contributed by atoms with Crippen LogP contribution in [0.25, 0.3) is 11.3 Å². The van der Waals surface area contributed by atoms with E-state index in [9.17, 15) is 9.18 Å². The zero-order valence-corrected chi connectivity index (χ0v) is 12.4. The van der Waals surface area contributed by atoms with Crippen LogP contribution in [0.1, 0.15) is 30.3 Å². The van der Waals surface area contributed by atoms with E-state index in [4.69, 9.17) is 4.42 Å². The molecule has 2 unspecified atom stereocenters. The summed E-state index contributed by atoms with van der Waals surface area (Å²) in [6.45, 7) is 3.02. The first-order chi connectivity index (χ1) is 10.6. The largest absolute Gasteiger partial charge is 0.451 e. The van der Waals surface area contributed by atoms with Gasteiger partial charge in [0.2, 0.25) is 0 Å². The minimum Gasteiger partial charge on any atom is -0.451 e. The van der Waals surface area contributed by atoms with Crippen LogP contribution in [-0.4, -0.2) is 24.5 Å². The Morgan fingerprint density at radius 3 is 2.77 bits per heavy atom. The highest BCUT2D eigenvalue weighted by molar-refractivity contribution is 5.92. The molecule has 0 aliphatic carbocycles. The normalized spacial score (nSPS) is 21.5. The van der Waals surface area contributed by atoms with Crippen molar-refractivity contribution >= 4 is 5.91 Å². The molecule has 0 saturated carbocycles. The van der Waals surface area contributed by atoms with Crippen molar-refractivity contribution in [2.24, 2.45) is 0 Å². The van der Waals surface area contributed by atoms with E-state index in [-0.39, 0.29) is 23.5 Å².